The van der Waals surface area contributed by atoms with Gasteiger partial charge in [0.2, 0.25) is 0 Å². The number of likely N-dealkylation sites (tertiary alicyclic amines) is 1. The molecule has 1 saturated heterocycles. The SMILES string of the molecule is CC1CCCN(CC(C)(C)CS)C1. The molecule has 0 radical (unpaired) electrons. The lowest BCUT2D eigenvalue weighted by Gasteiger charge is -2.36. The Bertz CT molecular complexity index is 156. The van der Waals surface area contributed by atoms with Crippen molar-refractivity contribution in [3.63, 3.8) is 0 Å². The fraction of sp³-hybridized carbons (Fsp3) is 1.00. The van der Waals surface area contributed by atoms with E-state index in [4.69, 9.17) is 0 Å². The predicted molar refractivity (Wildman–Crippen MR) is 62.5 cm³/mol. The quantitative estimate of drug-likeness (QED) is 0.687. The van der Waals surface area contributed by atoms with Crippen LogP contribution >= 0.6 is 12.6 Å². The molecule has 0 aromatic carbocycles. The Labute approximate surface area is 88.3 Å². The van der Waals surface area contributed by atoms with Crippen LogP contribution in [-0.4, -0.2) is 30.3 Å². The molecule has 0 bridgehead atoms. The summed E-state index contributed by atoms with van der Waals surface area (Å²) >= 11 is 4.40. The van der Waals surface area contributed by atoms with Gasteiger partial charge in [-0.15, -0.1) is 0 Å². The monoisotopic (exact) mass is 201 g/mol. The molecule has 1 rings (SSSR count). The smallest absolute Gasteiger partial charge is 0.00406 e. The summed E-state index contributed by atoms with van der Waals surface area (Å²) in [6.07, 6.45) is 2.79. The Kier molecular flexibility index (Phi) is 4.11. The molecule has 1 nitrogen and oxygen atoms in total. The van der Waals surface area contributed by atoms with Crippen LogP contribution in [0.2, 0.25) is 0 Å². The van der Waals surface area contributed by atoms with E-state index in [1.165, 1.54) is 32.5 Å². The van der Waals surface area contributed by atoms with Crippen molar-refractivity contribution in [1.82, 2.24) is 4.90 Å². The van der Waals surface area contributed by atoms with Gasteiger partial charge in [-0.2, -0.15) is 12.6 Å². The van der Waals surface area contributed by atoms with Crippen LogP contribution in [0.1, 0.15) is 33.6 Å². The summed E-state index contributed by atoms with van der Waals surface area (Å²) in [5.74, 6) is 1.88. The fourth-order valence-corrected chi connectivity index (χ4v) is 2.19. The van der Waals surface area contributed by atoms with Crippen LogP contribution < -0.4 is 0 Å². The molecule has 1 aliphatic heterocycles. The second-order valence-electron chi connectivity index (χ2n) is 5.30. The normalized spacial score (nSPS) is 26.3. The molecule has 1 fully saturated rings. The largest absolute Gasteiger partial charge is 0.303 e. The van der Waals surface area contributed by atoms with Crippen LogP contribution in [0.5, 0.6) is 0 Å². The number of nitrogens with zero attached hydrogens (tertiary/aromatic N) is 1. The molecule has 0 N–H and O–H groups in total. The van der Waals surface area contributed by atoms with E-state index in [1.807, 2.05) is 0 Å². The first-order valence-electron chi connectivity index (χ1n) is 5.37. The highest BCUT2D eigenvalue weighted by atomic mass is 32.1. The Morgan fingerprint density at radius 3 is 2.69 bits per heavy atom. The molecule has 78 valence electrons. The van der Waals surface area contributed by atoms with Crippen molar-refractivity contribution in [3.05, 3.63) is 0 Å². The van der Waals surface area contributed by atoms with E-state index < -0.39 is 0 Å². The lowest BCUT2D eigenvalue weighted by atomic mass is 9.92. The van der Waals surface area contributed by atoms with Gasteiger partial charge in [-0.1, -0.05) is 20.8 Å². The topological polar surface area (TPSA) is 3.24 Å². The van der Waals surface area contributed by atoms with Crippen molar-refractivity contribution in [2.24, 2.45) is 11.3 Å². The van der Waals surface area contributed by atoms with E-state index in [0.717, 1.165) is 11.7 Å². The zero-order valence-electron chi connectivity index (χ0n) is 9.21. The molecule has 2 heteroatoms. The van der Waals surface area contributed by atoms with Crippen molar-refractivity contribution >= 4 is 12.6 Å². The summed E-state index contributed by atoms with van der Waals surface area (Å²) in [6.45, 7) is 10.8. The van der Waals surface area contributed by atoms with Gasteiger partial charge in [-0.3, -0.25) is 0 Å². The van der Waals surface area contributed by atoms with Crippen molar-refractivity contribution in [2.75, 3.05) is 25.4 Å². The zero-order valence-corrected chi connectivity index (χ0v) is 10.1. The number of piperidine rings is 1. The Hall–Kier alpha value is 0.310. The van der Waals surface area contributed by atoms with Gasteiger partial charge in [0, 0.05) is 13.1 Å². The van der Waals surface area contributed by atoms with Crippen LogP contribution in [0.4, 0.5) is 0 Å². The highest BCUT2D eigenvalue weighted by molar-refractivity contribution is 7.80. The van der Waals surface area contributed by atoms with Gasteiger partial charge >= 0.3 is 0 Å². The maximum atomic E-state index is 4.40. The Morgan fingerprint density at radius 2 is 2.15 bits per heavy atom. The third-order valence-corrected chi connectivity index (χ3v) is 3.68. The predicted octanol–water partition coefficient (Wildman–Crippen LogP) is 2.67. The van der Waals surface area contributed by atoms with Gasteiger partial charge in [0.05, 0.1) is 0 Å². The fourth-order valence-electron chi connectivity index (χ4n) is 2.09. The molecule has 1 unspecified atom stereocenters. The third-order valence-electron chi connectivity index (χ3n) is 2.82. The van der Waals surface area contributed by atoms with Gasteiger partial charge in [0.15, 0.2) is 0 Å². The van der Waals surface area contributed by atoms with E-state index in [9.17, 15) is 0 Å². The highest BCUT2D eigenvalue weighted by Gasteiger charge is 2.23. The van der Waals surface area contributed by atoms with E-state index in [-0.39, 0.29) is 0 Å². The molecule has 1 heterocycles. The van der Waals surface area contributed by atoms with Crippen molar-refractivity contribution in [1.29, 1.82) is 0 Å². The van der Waals surface area contributed by atoms with Crippen LogP contribution in [0.25, 0.3) is 0 Å². The third kappa shape index (κ3) is 3.90. The van der Waals surface area contributed by atoms with Crippen molar-refractivity contribution in [3.8, 4) is 0 Å². The summed E-state index contributed by atoms with van der Waals surface area (Å²) in [5, 5.41) is 0. The Balaban J connectivity index is 2.35. The minimum absolute atomic E-state index is 0.375. The maximum absolute atomic E-state index is 4.40. The van der Waals surface area contributed by atoms with E-state index in [0.29, 0.717) is 5.41 Å². The minimum Gasteiger partial charge on any atom is -0.303 e. The van der Waals surface area contributed by atoms with E-state index in [1.54, 1.807) is 0 Å². The first-order valence-corrected chi connectivity index (χ1v) is 6.00. The second kappa shape index (κ2) is 4.70. The van der Waals surface area contributed by atoms with Crippen LogP contribution in [0.3, 0.4) is 0 Å². The number of hydrogen-bond donors (Lipinski definition) is 1. The summed E-state index contributed by atoms with van der Waals surface area (Å²) in [7, 11) is 0. The molecule has 0 amide bonds. The van der Waals surface area contributed by atoms with Crippen LogP contribution in [0, 0.1) is 11.3 Å². The number of thiol groups is 1. The van der Waals surface area contributed by atoms with E-state index in [2.05, 4.69) is 38.3 Å². The highest BCUT2D eigenvalue weighted by Crippen LogP contribution is 2.22. The minimum atomic E-state index is 0.375. The second-order valence-corrected chi connectivity index (χ2v) is 5.62. The molecular formula is C11H23NS. The Morgan fingerprint density at radius 1 is 1.46 bits per heavy atom. The van der Waals surface area contributed by atoms with Gasteiger partial charge in [0.25, 0.3) is 0 Å². The lowest BCUT2D eigenvalue weighted by molar-refractivity contribution is 0.137. The average molecular weight is 201 g/mol. The van der Waals surface area contributed by atoms with Crippen LogP contribution in [0.15, 0.2) is 0 Å². The molecule has 1 atom stereocenters. The zero-order chi connectivity index (χ0) is 9.90. The molecule has 0 aliphatic carbocycles. The summed E-state index contributed by atoms with van der Waals surface area (Å²) in [5.41, 5.74) is 0.375. The molecule has 0 spiro atoms. The molecule has 1 aliphatic rings. The van der Waals surface area contributed by atoms with Gasteiger partial charge in [-0.25, -0.2) is 0 Å². The standard InChI is InChI=1S/C11H23NS/c1-10-5-4-6-12(7-10)8-11(2,3)9-13/h10,13H,4-9H2,1-3H3. The van der Waals surface area contributed by atoms with Gasteiger partial charge in [-0.05, 0) is 36.5 Å². The molecule has 0 saturated carbocycles. The summed E-state index contributed by atoms with van der Waals surface area (Å²) in [6, 6.07) is 0. The van der Waals surface area contributed by atoms with Crippen molar-refractivity contribution < 1.29 is 0 Å². The number of rotatable bonds is 3. The molecule has 13 heavy (non-hydrogen) atoms. The summed E-state index contributed by atoms with van der Waals surface area (Å²) in [4.78, 5) is 2.60. The van der Waals surface area contributed by atoms with E-state index >= 15 is 0 Å². The summed E-state index contributed by atoms with van der Waals surface area (Å²) < 4.78 is 0. The molecule has 0 aromatic heterocycles. The number of hydrogen-bond acceptors (Lipinski definition) is 2. The molecular weight excluding hydrogens is 178 g/mol. The van der Waals surface area contributed by atoms with Crippen LogP contribution in [-0.2, 0) is 0 Å². The first-order chi connectivity index (χ1) is 6.03. The maximum Gasteiger partial charge on any atom is 0.00406 e. The lowest BCUT2D eigenvalue weighted by Crippen LogP contribution is -2.41. The van der Waals surface area contributed by atoms with Gasteiger partial charge < -0.3 is 4.90 Å². The van der Waals surface area contributed by atoms with Crippen molar-refractivity contribution in [2.45, 2.75) is 33.6 Å². The molecule has 0 aromatic rings. The average Bonchev–Trinajstić information content (AvgIpc) is 2.03. The van der Waals surface area contributed by atoms with Gasteiger partial charge in [0.1, 0.15) is 0 Å². The first kappa shape index (κ1) is 11.4.